The molecule has 0 aliphatic carbocycles. The molecule has 0 unspecified atom stereocenters. The van der Waals surface area contributed by atoms with Gasteiger partial charge in [0.2, 0.25) is 0 Å². The van der Waals surface area contributed by atoms with Crippen molar-refractivity contribution < 1.29 is 26.2 Å². The van der Waals surface area contributed by atoms with E-state index in [-0.39, 0.29) is 21.1 Å². The number of hydrogen-bond donors (Lipinski definition) is 2. The van der Waals surface area contributed by atoms with Crippen molar-refractivity contribution >= 4 is 5.69 Å². The van der Waals surface area contributed by atoms with Crippen LogP contribution in [0.25, 0.3) is 22.5 Å². The Labute approximate surface area is 246 Å². The Morgan fingerprint density at radius 3 is 2.31 bits per heavy atom. The normalized spacial score (nSPS) is 12.7. The van der Waals surface area contributed by atoms with Gasteiger partial charge in [-0.15, -0.1) is 35.4 Å². The molecule has 5 nitrogen and oxygen atoms in total. The number of aromatic hydroxyl groups is 1. The zero-order valence-corrected chi connectivity index (χ0v) is 25.5. The third-order valence-corrected chi connectivity index (χ3v) is 7.22. The SMILES string of the molecule is CC(C)c1cc(-c2cc(CCc3[c-]c(-c4nccn4C)ccc3)c(O)c(N3C=CN[CH-]3)c2)cc(C(C)C)c1.[Pt+2]. The van der Waals surface area contributed by atoms with Crippen LogP contribution in [0.4, 0.5) is 5.69 Å². The topological polar surface area (TPSA) is 53.3 Å². The molecule has 0 spiro atoms. The minimum Gasteiger partial charge on any atom is -0.521 e. The molecule has 39 heavy (non-hydrogen) atoms. The number of benzene rings is 3. The molecule has 0 saturated carbocycles. The maximum atomic E-state index is 11.4. The van der Waals surface area contributed by atoms with Crippen molar-refractivity contribution in [3.63, 3.8) is 0 Å². The van der Waals surface area contributed by atoms with Crippen molar-refractivity contribution in [2.75, 3.05) is 4.90 Å². The summed E-state index contributed by atoms with van der Waals surface area (Å²) in [6.45, 7) is 10.8. The molecule has 204 valence electrons. The average molecular weight is 700 g/mol. The summed E-state index contributed by atoms with van der Waals surface area (Å²) in [6.07, 6.45) is 8.99. The fraction of sp³-hybridized carbons (Fsp3) is 0.273. The monoisotopic (exact) mass is 699 g/mol. The van der Waals surface area contributed by atoms with Gasteiger partial charge in [0.1, 0.15) is 5.75 Å². The van der Waals surface area contributed by atoms with Crippen molar-refractivity contribution in [1.29, 1.82) is 0 Å². The van der Waals surface area contributed by atoms with Gasteiger partial charge in [-0.05, 0) is 77.0 Å². The molecule has 0 saturated heterocycles. The first kappa shape index (κ1) is 28.7. The van der Waals surface area contributed by atoms with E-state index in [0.29, 0.717) is 24.0 Å². The van der Waals surface area contributed by atoms with Crippen LogP contribution in [0.5, 0.6) is 5.75 Å². The molecule has 3 aromatic carbocycles. The maximum Gasteiger partial charge on any atom is 2.00 e. The van der Waals surface area contributed by atoms with Crippen LogP contribution in [0.15, 0.2) is 73.3 Å². The molecule has 0 fully saturated rings. The Kier molecular flexibility index (Phi) is 9.02. The zero-order valence-electron chi connectivity index (χ0n) is 23.2. The van der Waals surface area contributed by atoms with Crippen LogP contribution in [-0.4, -0.2) is 14.7 Å². The van der Waals surface area contributed by atoms with E-state index in [1.54, 1.807) is 6.20 Å². The van der Waals surface area contributed by atoms with Gasteiger partial charge in [-0.25, -0.2) is 0 Å². The molecule has 1 aliphatic rings. The van der Waals surface area contributed by atoms with Crippen LogP contribution in [0.2, 0.25) is 0 Å². The number of phenols is 1. The van der Waals surface area contributed by atoms with Gasteiger partial charge in [-0.3, -0.25) is 4.98 Å². The van der Waals surface area contributed by atoms with Crippen LogP contribution in [0.3, 0.4) is 0 Å². The summed E-state index contributed by atoms with van der Waals surface area (Å²) in [4.78, 5) is 6.41. The molecule has 5 rings (SSSR count). The van der Waals surface area contributed by atoms with Gasteiger partial charge in [0.05, 0.1) is 11.5 Å². The Balaban J connectivity index is 0.00000353. The Morgan fingerprint density at radius 1 is 0.974 bits per heavy atom. The van der Waals surface area contributed by atoms with Gasteiger partial charge in [0, 0.05) is 19.4 Å². The van der Waals surface area contributed by atoms with Crippen molar-refractivity contribution in [3.05, 3.63) is 108 Å². The summed E-state index contributed by atoms with van der Waals surface area (Å²) in [5.74, 6) is 2.07. The third-order valence-electron chi connectivity index (χ3n) is 7.22. The van der Waals surface area contributed by atoms with Crippen LogP contribution in [0, 0.1) is 12.7 Å². The Morgan fingerprint density at radius 2 is 1.69 bits per heavy atom. The number of nitrogens with zero attached hydrogens (tertiary/aromatic N) is 3. The van der Waals surface area contributed by atoms with Crippen molar-refractivity contribution in [2.24, 2.45) is 7.05 Å². The van der Waals surface area contributed by atoms with E-state index in [1.165, 1.54) is 16.7 Å². The molecule has 1 aromatic heterocycles. The minimum atomic E-state index is 0. The van der Waals surface area contributed by atoms with Gasteiger partial charge in [0.15, 0.2) is 0 Å². The fourth-order valence-corrected chi connectivity index (χ4v) is 4.87. The van der Waals surface area contributed by atoms with Crippen molar-refractivity contribution in [3.8, 4) is 28.3 Å². The summed E-state index contributed by atoms with van der Waals surface area (Å²) < 4.78 is 2.00. The molecule has 0 amide bonds. The third kappa shape index (κ3) is 6.31. The molecule has 1 aliphatic heterocycles. The quantitative estimate of drug-likeness (QED) is 0.190. The number of aromatic nitrogens is 2. The number of anilines is 1. The van der Waals surface area contributed by atoms with E-state index in [1.807, 2.05) is 47.8 Å². The van der Waals surface area contributed by atoms with Gasteiger partial charge in [-0.1, -0.05) is 45.9 Å². The van der Waals surface area contributed by atoms with E-state index >= 15 is 0 Å². The van der Waals surface area contributed by atoms with Crippen LogP contribution < -0.4 is 10.2 Å². The van der Waals surface area contributed by atoms with Crippen LogP contribution in [-0.2, 0) is 41.0 Å². The molecule has 4 aromatic rings. The first-order chi connectivity index (χ1) is 18.3. The van der Waals surface area contributed by atoms with Crippen LogP contribution >= 0.6 is 0 Å². The number of hydrogen-bond acceptors (Lipinski definition) is 4. The average Bonchev–Trinajstić information content (AvgIpc) is 3.60. The number of imidazole rings is 1. The van der Waals surface area contributed by atoms with E-state index in [4.69, 9.17) is 0 Å². The second kappa shape index (κ2) is 12.3. The molecular formula is C33H36N4OPt. The van der Waals surface area contributed by atoms with Crippen LogP contribution in [0.1, 0.15) is 61.8 Å². The summed E-state index contributed by atoms with van der Waals surface area (Å²) >= 11 is 0. The second-order valence-electron chi connectivity index (χ2n) is 10.7. The number of nitrogens with one attached hydrogen (secondary N) is 1. The van der Waals surface area contributed by atoms with Gasteiger partial charge >= 0.3 is 21.1 Å². The first-order valence-electron chi connectivity index (χ1n) is 13.3. The number of phenolic OH excluding ortho intramolecular Hbond substituents is 1. The van der Waals surface area contributed by atoms with Gasteiger partial charge in [-0.2, -0.15) is 6.67 Å². The zero-order chi connectivity index (χ0) is 26.8. The van der Waals surface area contributed by atoms with Crippen molar-refractivity contribution in [2.45, 2.75) is 52.4 Å². The smallest absolute Gasteiger partial charge is 0.521 e. The summed E-state index contributed by atoms with van der Waals surface area (Å²) in [5, 5.41) is 14.5. The molecule has 6 heteroatoms. The molecule has 2 heterocycles. The Bertz CT molecular complexity index is 1440. The predicted octanol–water partition coefficient (Wildman–Crippen LogP) is 7.29. The number of rotatable bonds is 8. The van der Waals surface area contributed by atoms with E-state index in [9.17, 15) is 5.11 Å². The molecule has 0 bridgehead atoms. The predicted molar refractivity (Wildman–Crippen MR) is 156 cm³/mol. The van der Waals surface area contributed by atoms with E-state index in [0.717, 1.165) is 40.2 Å². The molecule has 0 atom stereocenters. The molecule has 2 N–H and O–H groups in total. The van der Waals surface area contributed by atoms with Crippen molar-refractivity contribution in [1.82, 2.24) is 14.9 Å². The molecular weight excluding hydrogens is 663 g/mol. The standard InChI is InChI=1S/C33H36N4O.Pt/c1-22(2)27-17-28(23(3)4)19-29(18-27)30-16-25(32(38)31(20-30)37-14-11-34-21-37)10-9-24-7-6-8-26(15-24)33-35-12-13-36(33)5;/h6-8,11-14,16-23,34,38H,9-10H2,1-5H3;/q-2;+2. The second-order valence-corrected chi connectivity index (χ2v) is 10.7. The first-order valence-corrected chi connectivity index (χ1v) is 13.3. The molecule has 0 radical (unpaired) electrons. The Hall–Kier alpha value is -3.30. The summed E-state index contributed by atoms with van der Waals surface area (Å²) in [6, 6.07) is 20.9. The van der Waals surface area contributed by atoms with E-state index in [2.05, 4.69) is 86.5 Å². The van der Waals surface area contributed by atoms with E-state index < -0.39 is 0 Å². The largest absolute Gasteiger partial charge is 2.00 e. The summed E-state index contributed by atoms with van der Waals surface area (Å²) in [7, 11) is 1.99. The van der Waals surface area contributed by atoms with Gasteiger partial charge < -0.3 is 19.9 Å². The number of aryl methyl sites for hydroxylation is 3. The fourth-order valence-electron chi connectivity index (χ4n) is 4.87. The van der Waals surface area contributed by atoms with Gasteiger partial charge in [0.25, 0.3) is 0 Å². The minimum absolute atomic E-state index is 0. The maximum absolute atomic E-state index is 11.4. The summed E-state index contributed by atoms with van der Waals surface area (Å²) in [5.41, 5.74) is 8.71.